The molecule has 2 aromatic heterocycles. The second-order valence-electron chi connectivity index (χ2n) is 5.49. The van der Waals surface area contributed by atoms with Gasteiger partial charge in [-0.3, -0.25) is 9.59 Å². The van der Waals surface area contributed by atoms with Crippen molar-refractivity contribution >= 4 is 34.5 Å². The summed E-state index contributed by atoms with van der Waals surface area (Å²) in [4.78, 5) is 28.0. The molecule has 0 aliphatic carbocycles. The van der Waals surface area contributed by atoms with E-state index in [1.165, 1.54) is 22.7 Å². The van der Waals surface area contributed by atoms with Crippen molar-refractivity contribution in [2.75, 3.05) is 6.54 Å². The molecule has 2 N–H and O–H groups in total. The smallest absolute Gasteiger partial charge is 0.261 e. The lowest BCUT2D eigenvalue weighted by Crippen LogP contribution is -2.43. The molecule has 2 aromatic rings. The maximum Gasteiger partial charge on any atom is 0.261 e. The lowest BCUT2D eigenvalue weighted by atomic mass is 10.1. The highest BCUT2D eigenvalue weighted by Crippen LogP contribution is 2.16. The first-order valence-electron chi connectivity index (χ1n) is 7.71. The summed E-state index contributed by atoms with van der Waals surface area (Å²) >= 11 is 2.96. The number of nitrogens with one attached hydrogen (secondary N) is 2. The predicted octanol–water partition coefficient (Wildman–Crippen LogP) is 3.75. The molecule has 2 amide bonds. The van der Waals surface area contributed by atoms with Gasteiger partial charge >= 0.3 is 0 Å². The molecule has 0 aliphatic rings. The molecule has 0 saturated heterocycles. The Morgan fingerprint density at radius 2 is 1.57 bits per heavy atom. The van der Waals surface area contributed by atoms with Crippen LogP contribution in [0.5, 0.6) is 0 Å². The first-order valence-corrected chi connectivity index (χ1v) is 9.34. The fourth-order valence-corrected chi connectivity index (χ4v) is 3.80. The van der Waals surface area contributed by atoms with Crippen LogP contribution in [0.15, 0.2) is 24.3 Å². The fraction of sp³-hybridized carbons (Fsp3) is 0.412. The van der Waals surface area contributed by atoms with Gasteiger partial charge in [-0.2, -0.15) is 0 Å². The number of hydrogen-bond acceptors (Lipinski definition) is 4. The molecular formula is C17H22N2O2S2. The molecule has 124 valence electrons. The quantitative estimate of drug-likeness (QED) is 0.799. The average molecular weight is 351 g/mol. The Hall–Kier alpha value is -1.66. The molecule has 0 aromatic carbocycles. The summed E-state index contributed by atoms with van der Waals surface area (Å²) in [6.07, 6.45) is 1.78. The Morgan fingerprint density at radius 3 is 2.04 bits per heavy atom. The van der Waals surface area contributed by atoms with E-state index in [0.29, 0.717) is 16.3 Å². The molecule has 0 bridgehead atoms. The second kappa shape index (κ2) is 8.26. The van der Waals surface area contributed by atoms with E-state index >= 15 is 0 Å². The second-order valence-corrected chi connectivity index (χ2v) is 8.07. The monoisotopic (exact) mass is 350 g/mol. The first kappa shape index (κ1) is 17.7. The van der Waals surface area contributed by atoms with Gasteiger partial charge in [-0.05, 0) is 44.5 Å². The van der Waals surface area contributed by atoms with Crippen LogP contribution in [0.4, 0.5) is 0 Å². The molecule has 0 aliphatic heterocycles. The number of rotatable bonds is 7. The molecule has 2 heterocycles. The van der Waals surface area contributed by atoms with Gasteiger partial charge in [-0.1, -0.05) is 13.3 Å². The van der Waals surface area contributed by atoms with E-state index in [9.17, 15) is 9.59 Å². The van der Waals surface area contributed by atoms with Crippen LogP contribution in [0.2, 0.25) is 0 Å². The maximum atomic E-state index is 12.2. The third-order valence-electron chi connectivity index (χ3n) is 3.41. The van der Waals surface area contributed by atoms with E-state index in [-0.39, 0.29) is 17.9 Å². The molecule has 1 unspecified atom stereocenters. The van der Waals surface area contributed by atoms with E-state index < -0.39 is 0 Å². The van der Waals surface area contributed by atoms with E-state index in [4.69, 9.17) is 0 Å². The van der Waals surface area contributed by atoms with Crippen molar-refractivity contribution in [2.24, 2.45) is 0 Å². The Balaban J connectivity index is 1.90. The van der Waals surface area contributed by atoms with Gasteiger partial charge in [0.05, 0.1) is 9.75 Å². The number of aryl methyl sites for hydroxylation is 2. The number of carbonyl (C=O) groups excluding carboxylic acids is 2. The maximum absolute atomic E-state index is 12.2. The van der Waals surface area contributed by atoms with Gasteiger partial charge in [0.25, 0.3) is 11.8 Å². The molecule has 1 atom stereocenters. The minimum Gasteiger partial charge on any atom is -0.349 e. The van der Waals surface area contributed by atoms with Gasteiger partial charge in [0.1, 0.15) is 0 Å². The Labute approximate surface area is 144 Å². The lowest BCUT2D eigenvalue weighted by molar-refractivity contribution is 0.0910. The topological polar surface area (TPSA) is 58.2 Å². The van der Waals surface area contributed by atoms with Crippen LogP contribution in [0, 0.1) is 13.8 Å². The predicted molar refractivity (Wildman–Crippen MR) is 96.6 cm³/mol. The summed E-state index contributed by atoms with van der Waals surface area (Å²) in [5.41, 5.74) is 0. The van der Waals surface area contributed by atoms with Crippen LogP contribution in [-0.4, -0.2) is 24.4 Å². The van der Waals surface area contributed by atoms with Crippen molar-refractivity contribution in [2.45, 2.75) is 39.7 Å². The van der Waals surface area contributed by atoms with Crippen LogP contribution >= 0.6 is 22.7 Å². The highest BCUT2D eigenvalue weighted by atomic mass is 32.1. The van der Waals surface area contributed by atoms with Crippen LogP contribution < -0.4 is 10.6 Å². The van der Waals surface area contributed by atoms with Crippen molar-refractivity contribution in [3.8, 4) is 0 Å². The molecule has 4 nitrogen and oxygen atoms in total. The first-order chi connectivity index (χ1) is 11.0. The highest BCUT2D eigenvalue weighted by molar-refractivity contribution is 7.14. The largest absolute Gasteiger partial charge is 0.349 e. The van der Waals surface area contributed by atoms with Crippen molar-refractivity contribution < 1.29 is 9.59 Å². The molecule has 2 rings (SSSR count). The third kappa shape index (κ3) is 5.18. The van der Waals surface area contributed by atoms with Gasteiger partial charge in [-0.25, -0.2) is 0 Å². The third-order valence-corrected chi connectivity index (χ3v) is 5.41. The molecule has 0 fully saturated rings. The molecule has 23 heavy (non-hydrogen) atoms. The van der Waals surface area contributed by atoms with Crippen molar-refractivity contribution in [1.29, 1.82) is 0 Å². The number of thiophene rings is 2. The summed E-state index contributed by atoms with van der Waals surface area (Å²) < 4.78 is 0. The molecule has 6 heteroatoms. The fourth-order valence-electron chi connectivity index (χ4n) is 2.25. The van der Waals surface area contributed by atoms with E-state index in [0.717, 1.165) is 22.6 Å². The van der Waals surface area contributed by atoms with Gasteiger partial charge in [0, 0.05) is 22.3 Å². The van der Waals surface area contributed by atoms with Gasteiger partial charge in [0.2, 0.25) is 0 Å². The normalized spacial score (nSPS) is 12.0. The minimum atomic E-state index is -0.0783. The summed E-state index contributed by atoms with van der Waals surface area (Å²) in [7, 11) is 0. The van der Waals surface area contributed by atoms with Crippen LogP contribution in [0.25, 0.3) is 0 Å². The Morgan fingerprint density at radius 1 is 1.00 bits per heavy atom. The molecule has 0 radical (unpaired) electrons. The van der Waals surface area contributed by atoms with Crippen LogP contribution in [0.1, 0.15) is 48.9 Å². The van der Waals surface area contributed by atoms with Crippen LogP contribution in [-0.2, 0) is 0 Å². The highest BCUT2D eigenvalue weighted by Gasteiger charge is 2.16. The summed E-state index contributed by atoms with van der Waals surface area (Å²) in [6.45, 7) is 6.47. The van der Waals surface area contributed by atoms with Gasteiger partial charge < -0.3 is 10.6 Å². The minimum absolute atomic E-state index is 0.0556. The summed E-state index contributed by atoms with van der Waals surface area (Å²) in [5, 5.41) is 5.94. The standard InChI is InChI=1S/C17H22N2O2S2/c1-4-5-13(19-17(21)15-9-7-12(3)23-15)10-18-16(20)14-8-6-11(2)22-14/h6-9,13H,4-5,10H2,1-3H3,(H,18,20)(H,19,21). The zero-order chi connectivity index (χ0) is 16.8. The van der Waals surface area contributed by atoms with E-state index in [1.807, 2.05) is 38.1 Å². The Kier molecular flexibility index (Phi) is 6.36. The SMILES string of the molecule is CCCC(CNC(=O)c1ccc(C)s1)NC(=O)c1ccc(C)s1. The van der Waals surface area contributed by atoms with Gasteiger partial charge in [0.15, 0.2) is 0 Å². The zero-order valence-corrected chi connectivity index (χ0v) is 15.3. The lowest BCUT2D eigenvalue weighted by Gasteiger charge is -2.18. The number of hydrogen-bond donors (Lipinski definition) is 2. The van der Waals surface area contributed by atoms with Gasteiger partial charge in [-0.15, -0.1) is 22.7 Å². The van der Waals surface area contributed by atoms with E-state index in [2.05, 4.69) is 17.6 Å². The van der Waals surface area contributed by atoms with Crippen molar-refractivity contribution in [1.82, 2.24) is 10.6 Å². The van der Waals surface area contributed by atoms with Crippen LogP contribution in [0.3, 0.4) is 0 Å². The van der Waals surface area contributed by atoms with Crippen molar-refractivity contribution in [3.63, 3.8) is 0 Å². The number of carbonyl (C=O) groups is 2. The average Bonchev–Trinajstić information content (AvgIpc) is 3.13. The van der Waals surface area contributed by atoms with Crippen molar-refractivity contribution in [3.05, 3.63) is 43.8 Å². The van der Waals surface area contributed by atoms with E-state index in [1.54, 1.807) is 0 Å². The Bertz CT molecular complexity index is 676. The molecular weight excluding hydrogens is 328 g/mol. The zero-order valence-electron chi connectivity index (χ0n) is 13.6. The molecule has 0 spiro atoms. The summed E-state index contributed by atoms with van der Waals surface area (Å²) in [6, 6.07) is 7.49. The summed E-state index contributed by atoms with van der Waals surface area (Å²) in [5.74, 6) is -0.145. The molecule has 0 saturated carbocycles. The number of amides is 2.